The third kappa shape index (κ3) is 20.4. The number of alkyl halides is 8. The zero-order chi connectivity index (χ0) is 78.8. The minimum absolute atomic E-state index is 0.00264. The van der Waals surface area contributed by atoms with E-state index in [1.807, 2.05) is 0 Å². The maximum absolute atomic E-state index is 15.5. The summed E-state index contributed by atoms with van der Waals surface area (Å²) in [7, 11) is 10.8. The van der Waals surface area contributed by atoms with Gasteiger partial charge in [-0.2, -0.15) is 26.3 Å². The molecule has 2 unspecified atom stereocenters. The van der Waals surface area contributed by atoms with E-state index in [9.17, 15) is 55.1 Å². The zero-order valence-electron chi connectivity index (χ0n) is 63.4. The Hall–Kier alpha value is -7.22. The third-order valence-corrected chi connectivity index (χ3v) is 23.6. The van der Waals surface area contributed by atoms with Gasteiger partial charge in [-0.05, 0) is 140 Å². The number of nitrogens with zero attached hydrogens (tertiary/aromatic N) is 9. The average Bonchev–Trinajstić information content (AvgIpc) is 1.21. The summed E-state index contributed by atoms with van der Waals surface area (Å²) >= 11 is 0. The number of rotatable bonds is 12. The number of hydrogen-bond acceptors (Lipinski definition) is 13. The van der Waals surface area contributed by atoms with E-state index in [-0.39, 0.29) is 96.7 Å². The van der Waals surface area contributed by atoms with E-state index in [0.29, 0.717) is 38.5 Å². The molecule has 0 aromatic rings. The molecule has 6 fully saturated rings. The van der Waals surface area contributed by atoms with E-state index in [1.54, 1.807) is 39.8 Å². The van der Waals surface area contributed by atoms with Crippen LogP contribution < -0.4 is 16.0 Å². The maximum atomic E-state index is 15.5. The second kappa shape index (κ2) is 36.8. The van der Waals surface area contributed by atoms with Gasteiger partial charge < -0.3 is 64.8 Å². The Morgan fingerprint density at radius 1 is 0.642 bits per heavy atom. The van der Waals surface area contributed by atoms with Crippen LogP contribution in [-0.2, 0) is 62.3 Å². The lowest BCUT2D eigenvalue weighted by atomic mass is 9.74. The van der Waals surface area contributed by atoms with Crippen molar-refractivity contribution in [1.29, 1.82) is 0 Å². The molecule has 4 saturated carbocycles. The van der Waals surface area contributed by atoms with Crippen molar-refractivity contribution in [3.8, 4) is 0 Å². The molecule has 25 nitrogen and oxygen atoms in total. The summed E-state index contributed by atoms with van der Waals surface area (Å²) in [5.41, 5.74) is -1.69. The number of ether oxygens (including phenoxy) is 1. The molecule has 106 heavy (non-hydrogen) atoms. The Kier molecular flexibility index (Phi) is 29.9. The molecular formula is C73H112F8N12O13. The fraction of sp³-hybridized carbons (Fsp3) is 0.808. The van der Waals surface area contributed by atoms with Gasteiger partial charge in [0.15, 0.2) is 0 Å². The predicted octanol–water partition coefficient (Wildman–Crippen LogP) is 5.71. The van der Waals surface area contributed by atoms with E-state index in [2.05, 4.69) is 16.0 Å². The van der Waals surface area contributed by atoms with Gasteiger partial charge in [-0.1, -0.05) is 52.2 Å². The molecule has 2 saturated heterocycles. The van der Waals surface area contributed by atoms with E-state index in [1.165, 1.54) is 71.1 Å². The van der Waals surface area contributed by atoms with Gasteiger partial charge in [-0.15, -0.1) is 0 Å². The molecule has 1 spiro atoms. The van der Waals surface area contributed by atoms with Crippen LogP contribution in [0, 0.1) is 35.5 Å². The minimum atomic E-state index is -5.22. The Bertz CT molecular complexity index is 3170. The molecule has 0 aromatic heterocycles. The van der Waals surface area contributed by atoms with Crippen LogP contribution in [0.2, 0.25) is 0 Å². The summed E-state index contributed by atoms with van der Waals surface area (Å²) in [5.74, 6) is -16.8. The largest absolute Gasteiger partial charge is 0.397 e. The van der Waals surface area contributed by atoms with E-state index < -0.39 is 230 Å². The van der Waals surface area contributed by atoms with Crippen LogP contribution >= 0.6 is 0 Å². The summed E-state index contributed by atoms with van der Waals surface area (Å²) in [6, 6.07) is -11.3. The molecule has 7 aliphatic rings. The summed E-state index contributed by atoms with van der Waals surface area (Å²) in [6.07, 6.45) is -13.3. The standard InChI is InChI=1S/C73H112F8N12O13/c1-13-42(4)60-68(103)87(8)41-58(96)89(10)52-24-17-16-20-33-92(67(52)102)55(36-43-25-28-46(29-26-43)72(76,77)78)66(101)86(7)40-56(94)82-50(30-27-44-34-48(74)59(49(75)35-44)73(79,80)81)64(99)93-39-47(106-15-3)37-53(93)63(98)84-71(31-21-32-71)70(105)91(12)61(45-22-18-19-23-45)69(104)90(11)54(65(100)85(5)6)38-57(95)88(9)51(14-2)62(97)83-60/h16-17,42-55,59-61H,13-15,18-41H2,1-12H3,(H,82,94)(H,83,97)(H,84,98)/b17-16-/t42-,43?,44?,46?,47+,48?,49?,50-,51-,52-,53-,54-,55-,59?,60-,61-/m0/s1. The van der Waals surface area contributed by atoms with Crippen molar-refractivity contribution >= 4 is 70.9 Å². The predicted molar refractivity (Wildman–Crippen MR) is 372 cm³/mol. The summed E-state index contributed by atoms with van der Waals surface area (Å²) in [6.45, 7) is 4.85. The van der Waals surface area contributed by atoms with Gasteiger partial charge in [0.05, 0.1) is 31.5 Å². The van der Waals surface area contributed by atoms with Crippen molar-refractivity contribution in [2.75, 3.05) is 89.2 Å². The van der Waals surface area contributed by atoms with Gasteiger partial charge in [0.25, 0.3) is 0 Å². The van der Waals surface area contributed by atoms with Gasteiger partial charge in [-0.25, -0.2) is 8.78 Å². The lowest BCUT2D eigenvalue weighted by Crippen LogP contribution is -2.68. The molecule has 2 bridgehead atoms. The van der Waals surface area contributed by atoms with Gasteiger partial charge in [0.1, 0.15) is 72.1 Å². The first-order chi connectivity index (χ1) is 49.7. The number of carbonyl (C=O) groups excluding carboxylic acids is 12. The second-order valence-electron chi connectivity index (χ2n) is 30.9. The van der Waals surface area contributed by atoms with Crippen molar-refractivity contribution in [2.45, 2.75) is 254 Å². The highest BCUT2D eigenvalue weighted by atomic mass is 19.4. The van der Waals surface area contributed by atoms with Crippen LogP contribution in [0.5, 0.6) is 0 Å². The molecule has 7 rings (SSSR count). The van der Waals surface area contributed by atoms with Crippen LogP contribution in [0.15, 0.2) is 12.2 Å². The van der Waals surface area contributed by atoms with Crippen LogP contribution in [-0.4, -0.2) is 289 Å². The SMILES string of the molecule is CCO[C@@H]1C[C@H]2C(=O)NC3(CCC3)C(=O)N(C)[C@@H](C3CCCC3)C(=O)N(C)[C@H](C(=O)N(C)C)CC(=O)N(C)[C@@H](CC)C(=O)N[C@@H]([C@@H](C)CC)C(=O)N(C)CC(=O)N(C)[C@H]3C/C=C\CCN(C3=O)[C@@H](CC3CCC(C(F)(F)F)CC3)C(=O)N(C)CC(=O)N[C@@H](CCC3CC(F)C(C(F)(F)F)C(F)C3)C(=O)N2C1. The Morgan fingerprint density at radius 2 is 1.26 bits per heavy atom. The van der Waals surface area contributed by atoms with Gasteiger partial charge in [0.2, 0.25) is 70.9 Å². The fourth-order valence-electron chi connectivity index (χ4n) is 16.8. The first-order valence-electron chi connectivity index (χ1n) is 37.7. The normalized spacial score (nSPS) is 32.3. The molecule has 3 N–H and O–H groups in total. The lowest BCUT2D eigenvalue weighted by molar-refractivity contribution is -0.219. The Labute approximate surface area is 616 Å². The van der Waals surface area contributed by atoms with Crippen LogP contribution in [0.4, 0.5) is 35.1 Å². The number of carbonyl (C=O) groups is 12. The van der Waals surface area contributed by atoms with Crippen molar-refractivity contribution in [3.63, 3.8) is 0 Å². The average molecular weight is 1520 g/mol. The topological polar surface area (TPSA) is 279 Å². The van der Waals surface area contributed by atoms with Crippen LogP contribution in [0.25, 0.3) is 0 Å². The van der Waals surface area contributed by atoms with Gasteiger partial charge in [-0.3, -0.25) is 57.5 Å². The highest BCUT2D eigenvalue weighted by Gasteiger charge is 2.56. The molecular weight excluding hydrogens is 1400 g/mol. The van der Waals surface area contributed by atoms with Gasteiger partial charge >= 0.3 is 12.4 Å². The van der Waals surface area contributed by atoms with Crippen molar-refractivity contribution < 1.29 is 97.4 Å². The monoisotopic (exact) mass is 1520 g/mol. The maximum Gasteiger partial charge on any atom is 0.397 e. The van der Waals surface area contributed by atoms with Crippen molar-refractivity contribution in [3.05, 3.63) is 12.2 Å². The quantitative estimate of drug-likeness (QED) is 0.156. The first-order valence-corrected chi connectivity index (χ1v) is 37.7. The van der Waals surface area contributed by atoms with Crippen LogP contribution in [0.3, 0.4) is 0 Å². The molecule has 4 aliphatic carbocycles. The lowest BCUT2D eigenvalue weighted by Gasteiger charge is -2.46. The number of amides is 12. The summed E-state index contributed by atoms with van der Waals surface area (Å²) in [4.78, 5) is 190. The Morgan fingerprint density at radius 3 is 1.82 bits per heavy atom. The first kappa shape index (κ1) is 86.0. The third-order valence-electron chi connectivity index (χ3n) is 23.6. The van der Waals surface area contributed by atoms with E-state index in [4.69, 9.17) is 4.74 Å². The van der Waals surface area contributed by atoms with Gasteiger partial charge in [0, 0.05) is 82.5 Å². The van der Waals surface area contributed by atoms with Crippen molar-refractivity contribution in [2.24, 2.45) is 35.5 Å². The smallest absolute Gasteiger partial charge is 0.377 e. The number of fused-ring (bicyclic) bond motifs is 3. The highest BCUT2D eigenvalue weighted by molar-refractivity contribution is 6.01. The molecule has 3 aliphatic heterocycles. The van der Waals surface area contributed by atoms with Crippen molar-refractivity contribution in [1.82, 2.24) is 60.0 Å². The molecule has 3 heterocycles. The summed E-state index contributed by atoms with van der Waals surface area (Å²) < 4.78 is 121. The molecule has 33 heteroatoms. The molecule has 598 valence electrons. The molecule has 12 atom stereocenters. The van der Waals surface area contributed by atoms with E-state index in [0.717, 1.165) is 29.4 Å². The van der Waals surface area contributed by atoms with E-state index >= 15 is 37.5 Å². The minimum Gasteiger partial charge on any atom is -0.377 e. The zero-order valence-corrected chi connectivity index (χ0v) is 63.4. The number of nitrogens with one attached hydrogen (secondary N) is 3. The number of halogens is 8. The fourth-order valence-corrected chi connectivity index (χ4v) is 16.8. The summed E-state index contributed by atoms with van der Waals surface area (Å²) in [5, 5.41) is 8.34. The van der Waals surface area contributed by atoms with Crippen LogP contribution in [0.1, 0.15) is 169 Å². The second-order valence-corrected chi connectivity index (χ2v) is 30.9. The number of hydrogen-bond donors (Lipinski definition) is 3. The number of likely N-dealkylation sites (N-methyl/N-ethyl adjacent to an activating group) is 7. The molecule has 0 radical (unpaired) electrons. The Balaban J connectivity index is 1.31. The molecule has 0 aromatic carbocycles. The molecule has 12 amide bonds. The highest BCUT2D eigenvalue weighted by Crippen LogP contribution is 2.46.